The lowest BCUT2D eigenvalue weighted by Gasteiger charge is -2.18. The average Bonchev–Trinajstić information content (AvgIpc) is 2.47. The molecule has 1 aromatic heterocycles. The van der Waals surface area contributed by atoms with Crippen molar-refractivity contribution in [3.63, 3.8) is 0 Å². The number of carbonyl (C=O) groups is 1. The van der Waals surface area contributed by atoms with E-state index in [1.54, 1.807) is 40.9 Å². The van der Waals surface area contributed by atoms with Crippen LogP contribution in [-0.4, -0.2) is 60.9 Å². The van der Waals surface area contributed by atoms with E-state index in [0.29, 0.717) is 18.1 Å². The number of carbonyl (C=O) groups excluding carboxylic acids is 1. The molecule has 1 amide bonds. The van der Waals surface area contributed by atoms with Crippen LogP contribution in [0.15, 0.2) is 28.3 Å². The Bertz CT molecular complexity index is 596. The molecule has 1 heterocycles. The number of hydrogen-bond donors (Lipinski definition) is 0. The molecule has 0 saturated heterocycles. The smallest absolute Gasteiger partial charge is 0.244 e. The van der Waals surface area contributed by atoms with Crippen molar-refractivity contribution in [1.29, 1.82) is 0 Å². The van der Waals surface area contributed by atoms with E-state index in [1.165, 1.54) is 33.2 Å². The second-order valence-corrected chi connectivity index (χ2v) is 8.21. The van der Waals surface area contributed by atoms with Crippen LogP contribution in [-0.2, 0) is 14.8 Å². The van der Waals surface area contributed by atoms with Crippen LogP contribution in [0.5, 0.6) is 0 Å². The second-order valence-electron chi connectivity index (χ2n) is 4.91. The van der Waals surface area contributed by atoms with Crippen LogP contribution in [0.1, 0.15) is 20.8 Å². The Morgan fingerprint density at radius 3 is 2.27 bits per heavy atom. The van der Waals surface area contributed by atoms with Crippen LogP contribution in [0.4, 0.5) is 0 Å². The zero-order chi connectivity index (χ0) is 16.9. The first kappa shape index (κ1) is 18.9. The van der Waals surface area contributed by atoms with E-state index in [9.17, 15) is 13.2 Å². The minimum absolute atomic E-state index is 0.00774. The van der Waals surface area contributed by atoms with Gasteiger partial charge in [0.15, 0.2) is 0 Å². The van der Waals surface area contributed by atoms with Gasteiger partial charge in [0.1, 0.15) is 4.90 Å². The largest absolute Gasteiger partial charge is 0.348 e. The monoisotopic (exact) mass is 345 g/mol. The third-order valence-electron chi connectivity index (χ3n) is 3.14. The van der Waals surface area contributed by atoms with Crippen LogP contribution >= 0.6 is 11.8 Å². The van der Waals surface area contributed by atoms with Gasteiger partial charge in [-0.3, -0.25) is 4.79 Å². The molecule has 0 saturated carbocycles. The molecule has 1 rings (SSSR count). The van der Waals surface area contributed by atoms with Gasteiger partial charge in [-0.25, -0.2) is 13.4 Å². The van der Waals surface area contributed by atoms with E-state index < -0.39 is 10.0 Å². The number of sulfonamides is 1. The summed E-state index contributed by atoms with van der Waals surface area (Å²) >= 11 is 1.31. The molecule has 0 fully saturated rings. The number of hydrogen-bond acceptors (Lipinski definition) is 5. The van der Waals surface area contributed by atoms with Gasteiger partial charge in [-0.05, 0) is 19.1 Å². The van der Waals surface area contributed by atoms with Gasteiger partial charge in [0.05, 0.1) is 10.3 Å². The van der Waals surface area contributed by atoms with Gasteiger partial charge in [0.25, 0.3) is 0 Å². The first-order valence-electron chi connectivity index (χ1n) is 7.08. The van der Waals surface area contributed by atoms with E-state index in [1.807, 2.05) is 0 Å². The molecule has 0 N–H and O–H groups in total. The standard InChI is InChI=1S/C14H23N3O3S2/c1-6-17(7-2)22(19,20)12-8-9-13(15-10-12)21-11(3)14(18)16(4)5/h8-11H,6-7H2,1-5H3/t11-/m0/s1. The number of amides is 1. The molecule has 0 aliphatic rings. The van der Waals surface area contributed by atoms with Crippen molar-refractivity contribution in [3.8, 4) is 0 Å². The molecule has 0 aromatic carbocycles. The Morgan fingerprint density at radius 2 is 1.86 bits per heavy atom. The van der Waals surface area contributed by atoms with Gasteiger partial charge in [-0.1, -0.05) is 25.6 Å². The average molecular weight is 345 g/mol. The summed E-state index contributed by atoms with van der Waals surface area (Å²) in [4.78, 5) is 17.7. The lowest BCUT2D eigenvalue weighted by atomic mass is 10.4. The van der Waals surface area contributed by atoms with Crippen molar-refractivity contribution in [1.82, 2.24) is 14.2 Å². The van der Waals surface area contributed by atoms with Gasteiger partial charge in [-0.15, -0.1) is 0 Å². The number of nitrogens with zero attached hydrogens (tertiary/aromatic N) is 3. The quantitative estimate of drug-likeness (QED) is 0.703. The fourth-order valence-electron chi connectivity index (χ4n) is 1.90. The van der Waals surface area contributed by atoms with Gasteiger partial charge in [-0.2, -0.15) is 4.31 Å². The lowest BCUT2D eigenvalue weighted by Crippen LogP contribution is -2.30. The van der Waals surface area contributed by atoms with E-state index >= 15 is 0 Å². The molecule has 22 heavy (non-hydrogen) atoms. The number of rotatable bonds is 7. The Balaban J connectivity index is 2.90. The van der Waals surface area contributed by atoms with Gasteiger partial charge < -0.3 is 4.90 Å². The first-order chi connectivity index (χ1) is 10.2. The summed E-state index contributed by atoms with van der Waals surface area (Å²) in [5, 5.41) is 0.355. The Morgan fingerprint density at radius 1 is 1.27 bits per heavy atom. The fraction of sp³-hybridized carbons (Fsp3) is 0.571. The SMILES string of the molecule is CCN(CC)S(=O)(=O)c1ccc(S[C@@H](C)C(=O)N(C)C)nc1. The van der Waals surface area contributed by atoms with Crippen LogP contribution in [0.3, 0.4) is 0 Å². The third kappa shape index (κ3) is 4.44. The maximum Gasteiger partial charge on any atom is 0.244 e. The van der Waals surface area contributed by atoms with Crippen molar-refractivity contribution < 1.29 is 13.2 Å². The summed E-state index contributed by atoms with van der Waals surface area (Å²) in [5.74, 6) is -0.00774. The molecule has 124 valence electrons. The molecular weight excluding hydrogens is 322 g/mol. The molecule has 0 aliphatic carbocycles. The van der Waals surface area contributed by atoms with Gasteiger partial charge >= 0.3 is 0 Å². The number of thioether (sulfide) groups is 1. The maximum absolute atomic E-state index is 12.3. The highest BCUT2D eigenvalue weighted by Crippen LogP contribution is 2.24. The molecule has 6 nitrogen and oxygen atoms in total. The highest BCUT2D eigenvalue weighted by Gasteiger charge is 2.22. The van der Waals surface area contributed by atoms with Crippen molar-refractivity contribution >= 4 is 27.7 Å². The Kier molecular flexibility index (Phi) is 6.83. The zero-order valence-electron chi connectivity index (χ0n) is 13.6. The molecule has 0 unspecified atom stereocenters. The predicted octanol–water partition coefficient (Wildman–Crippen LogP) is 1.68. The van der Waals surface area contributed by atoms with E-state index in [4.69, 9.17) is 0 Å². The minimum Gasteiger partial charge on any atom is -0.348 e. The summed E-state index contributed by atoms with van der Waals surface area (Å²) in [6.07, 6.45) is 1.35. The summed E-state index contributed by atoms with van der Waals surface area (Å²) in [7, 11) is -0.0879. The van der Waals surface area contributed by atoms with Crippen LogP contribution in [0.2, 0.25) is 0 Å². The lowest BCUT2D eigenvalue weighted by molar-refractivity contribution is -0.127. The summed E-state index contributed by atoms with van der Waals surface area (Å²) in [6, 6.07) is 3.18. The van der Waals surface area contributed by atoms with Crippen molar-refractivity contribution in [2.24, 2.45) is 0 Å². The topological polar surface area (TPSA) is 70.6 Å². The Hall–Kier alpha value is -1.12. The van der Waals surface area contributed by atoms with Gasteiger partial charge in [0, 0.05) is 33.4 Å². The Labute approximate surface area is 137 Å². The minimum atomic E-state index is -3.49. The molecule has 0 bridgehead atoms. The third-order valence-corrected chi connectivity index (χ3v) is 6.21. The van der Waals surface area contributed by atoms with Crippen molar-refractivity contribution in [3.05, 3.63) is 18.3 Å². The molecule has 0 spiro atoms. The fourth-order valence-corrected chi connectivity index (χ4v) is 4.23. The second kappa shape index (κ2) is 7.94. The summed E-state index contributed by atoms with van der Waals surface area (Å²) < 4.78 is 26.1. The summed E-state index contributed by atoms with van der Waals surface area (Å²) in [5.41, 5.74) is 0. The van der Waals surface area contributed by atoms with Gasteiger partial charge in [0.2, 0.25) is 15.9 Å². The van der Waals surface area contributed by atoms with Crippen LogP contribution in [0.25, 0.3) is 0 Å². The maximum atomic E-state index is 12.3. The molecule has 0 aliphatic heterocycles. The molecule has 0 radical (unpaired) electrons. The summed E-state index contributed by atoms with van der Waals surface area (Å²) in [6.45, 7) is 6.24. The highest BCUT2D eigenvalue weighted by atomic mass is 32.2. The van der Waals surface area contributed by atoms with E-state index in [0.717, 1.165) is 0 Å². The van der Waals surface area contributed by atoms with Crippen molar-refractivity contribution in [2.45, 2.75) is 35.9 Å². The molecule has 1 aromatic rings. The normalized spacial score (nSPS) is 13.2. The van der Waals surface area contributed by atoms with Crippen LogP contribution in [0, 0.1) is 0 Å². The zero-order valence-corrected chi connectivity index (χ0v) is 15.2. The van der Waals surface area contributed by atoms with E-state index in [-0.39, 0.29) is 16.1 Å². The first-order valence-corrected chi connectivity index (χ1v) is 9.40. The predicted molar refractivity (Wildman–Crippen MR) is 88.4 cm³/mol. The molecule has 8 heteroatoms. The van der Waals surface area contributed by atoms with E-state index in [2.05, 4.69) is 4.98 Å². The molecule has 1 atom stereocenters. The molecular formula is C14H23N3O3S2. The number of pyridine rings is 1. The van der Waals surface area contributed by atoms with Crippen LogP contribution < -0.4 is 0 Å². The highest BCUT2D eigenvalue weighted by molar-refractivity contribution is 8.00. The number of aromatic nitrogens is 1. The van der Waals surface area contributed by atoms with Crippen molar-refractivity contribution in [2.75, 3.05) is 27.2 Å².